The zero-order valence-corrected chi connectivity index (χ0v) is 40.3. The van der Waals surface area contributed by atoms with E-state index < -0.39 is 18.2 Å². The van der Waals surface area contributed by atoms with Gasteiger partial charge in [-0.05, 0) is 44.9 Å². The lowest BCUT2D eigenvalue weighted by atomic mass is 10.0. The zero-order chi connectivity index (χ0) is 44.5. The van der Waals surface area contributed by atoms with E-state index in [1.807, 2.05) is 36.5 Å². The van der Waals surface area contributed by atoms with Crippen LogP contribution in [0.1, 0.15) is 252 Å². The molecule has 0 aliphatic heterocycles. The van der Waals surface area contributed by atoms with Crippen LogP contribution in [-0.2, 0) is 14.3 Å². The van der Waals surface area contributed by atoms with Crippen LogP contribution in [0.4, 0.5) is 0 Å². The summed E-state index contributed by atoms with van der Waals surface area (Å²) in [6.07, 6.45) is 59.9. The number of carbonyl (C=O) groups is 2. The van der Waals surface area contributed by atoms with Crippen LogP contribution < -0.4 is 5.32 Å². The highest BCUT2D eigenvalue weighted by molar-refractivity contribution is 5.77. The number of aliphatic hydroxyl groups is 2. The maximum absolute atomic E-state index is 13.2. The number of unbranched alkanes of at least 4 members (excludes halogenated alkanes) is 28. The highest BCUT2D eigenvalue weighted by Gasteiger charge is 2.24. The Morgan fingerprint density at radius 3 is 1.33 bits per heavy atom. The number of ether oxygens (including phenoxy) is 1. The van der Waals surface area contributed by atoms with Gasteiger partial charge in [-0.1, -0.05) is 255 Å². The minimum absolute atomic E-state index is 0.0613. The van der Waals surface area contributed by atoms with Gasteiger partial charge in [0.1, 0.15) is 6.10 Å². The fourth-order valence-corrected chi connectivity index (χ4v) is 7.81. The topological polar surface area (TPSA) is 95.9 Å². The molecule has 1 amide bonds. The molecule has 0 aromatic rings. The van der Waals surface area contributed by atoms with Crippen LogP contribution in [-0.4, -0.2) is 46.9 Å². The summed E-state index contributed by atoms with van der Waals surface area (Å²) in [5.74, 6) is -0.517. The van der Waals surface area contributed by atoms with E-state index in [-0.39, 0.29) is 24.9 Å². The Morgan fingerprint density at radius 2 is 0.885 bits per heavy atom. The third-order valence-corrected chi connectivity index (χ3v) is 11.7. The van der Waals surface area contributed by atoms with Gasteiger partial charge in [-0.2, -0.15) is 0 Å². The Bertz CT molecular complexity index is 1090. The number of nitrogens with one attached hydrogen (secondary N) is 1. The van der Waals surface area contributed by atoms with Gasteiger partial charge in [0.2, 0.25) is 5.91 Å². The molecule has 0 aromatic heterocycles. The second-order valence-electron chi connectivity index (χ2n) is 17.7. The van der Waals surface area contributed by atoms with Gasteiger partial charge < -0.3 is 20.3 Å². The minimum Gasteiger partial charge on any atom is -0.462 e. The van der Waals surface area contributed by atoms with Crippen LogP contribution in [0.2, 0.25) is 0 Å². The van der Waals surface area contributed by atoms with E-state index in [0.717, 1.165) is 70.6 Å². The Morgan fingerprint density at radius 1 is 0.492 bits per heavy atom. The first-order valence-electron chi connectivity index (χ1n) is 26.1. The van der Waals surface area contributed by atoms with E-state index in [0.29, 0.717) is 19.3 Å². The molecule has 0 fully saturated rings. The summed E-state index contributed by atoms with van der Waals surface area (Å²) in [7, 11) is 0. The van der Waals surface area contributed by atoms with Gasteiger partial charge in [0, 0.05) is 6.42 Å². The first-order chi connectivity index (χ1) is 30.0. The van der Waals surface area contributed by atoms with E-state index >= 15 is 0 Å². The number of carbonyl (C=O) groups excluding carboxylic acids is 2. The molecule has 0 radical (unpaired) electrons. The molecule has 0 aliphatic carbocycles. The van der Waals surface area contributed by atoms with E-state index in [4.69, 9.17) is 4.74 Å². The smallest absolute Gasteiger partial charge is 0.306 e. The van der Waals surface area contributed by atoms with Crippen molar-refractivity contribution in [2.24, 2.45) is 0 Å². The Kier molecular flexibility index (Phi) is 46.6. The van der Waals surface area contributed by atoms with Crippen LogP contribution in [0, 0.1) is 0 Å². The highest BCUT2D eigenvalue weighted by atomic mass is 16.5. The summed E-state index contributed by atoms with van der Waals surface area (Å²) in [5.41, 5.74) is 0. The molecular formula is C55H99NO5. The normalized spacial score (nSPS) is 13.7. The maximum Gasteiger partial charge on any atom is 0.306 e. The SMILES string of the molecule is CC/C=C/C=C/C=C\C=C/C=C/CCCCCC(=O)OC(CCCCCCCCCCCCCCC)CC(=O)NC(CO)C(O)CCCCCCCCCCCCCCCC. The summed E-state index contributed by atoms with van der Waals surface area (Å²) in [5, 5.41) is 23.8. The van der Waals surface area contributed by atoms with Crippen molar-refractivity contribution in [1.82, 2.24) is 5.32 Å². The van der Waals surface area contributed by atoms with Gasteiger partial charge in [0.05, 0.1) is 25.2 Å². The Balaban J connectivity index is 4.63. The van der Waals surface area contributed by atoms with Gasteiger partial charge in [0.25, 0.3) is 0 Å². The fraction of sp³-hybridized carbons (Fsp3) is 0.782. The number of esters is 1. The summed E-state index contributed by atoms with van der Waals surface area (Å²) >= 11 is 0. The Labute approximate surface area is 378 Å². The third-order valence-electron chi connectivity index (χ3n) is 11.7. The number of amides is 1. The highest BCUT2D eigenvalue weighted by Crippen LogP contribution is 2.18. The molecule has 3 N–H and O–H groups in total. The monoisotopic (exact) mass is 854 g/mol. The van der Waals surface area contributed by atoms with Crippen LogP contribution >= 0.6 is 0 Å². The summed E-state index contributed by atoms with van der Waals surface area (Å²) < 4.78 is 5.92. The molecule has 6 nitrogen and oxygen atoms in total. The number of allylic oxidation sites excluding steroid dienone is 10. The maximum atomic E-state index is 13.2. The second-order valence-corrected chi connectivity index (χ2v) is 17.7. The van der Waals surface area contributed by atoms with Gasteiger partial charge in [-0.25, -0.2) is 0 Å². The molecule has 6 heteroatoms. The molecule has 0 aliphatic rings. The summed E-state index contributed by atoms with van der Waals surface area (Å²) in [6, 6.07) is -0.710. The number of rotatable bonds is 46. The average Bonchev–Trinajstić information content (AvgIpc) is 3.25. The van der Waals surface area contributed by atoms with Crippen molar-refractivity contribution >= 4 is 11.9 Å². The zero-order valence-electron chi connectivity index (χ0n) is 40.3. The molecule has 3 unspecified atom stereocenters. The predicted molar refractivity (Wildman–Crippen MR) is 264 cm³/mol. The lowest BCUT2D eigenvalue weighted by Crippen LogP contribution is -2.46. The predicted octanol–water partition coefficient (Wildman–Crippen LogP) is 15.6. The minimum atomic E-state index is -0.795. The molecule has 0 spiro atoms. The van der Waals surface area contributed by atoms with Crippen LogP contribution in [0.5, 0.6) is 0 Å². The largest absolute Gasteiger partial charge is 0.462 e. The van der Waals surface area contributed by atoms with E-state index in [2.05, 4.69) is 50.4 Å². The first-order valence-corrected chi connectivity index (χ1v) is 26.1. The van der Waals surface area contributed by atoms with Crippen LogP contribution in [0.15, 0.2) is 60.8 Å². The molecule has 0 rings (SSSR count). The fourth-order valence-electron chi connectivity index (χ4n) is 7.81. The quantitative estimate of drug-likeness (QED) is 0.0322. The number of aliphatic hydroxyl groups excluding tert-OH is 2. The van der Waals surface area contributed by atoms with Crippen molar-refractivity contribution in [1.29, 1.82) is 0 Å². The molecule has 0 aromatic carbocycles. The number of hydrogen-bond donors (Lipinski definition) is 3. The van der Waals surface area contributed by atoms with Gasteiger partial charge in [0.15, 0.2) is 0 Å². The molecule has 354 valence electrons. The lowest BCUT2D eigenvalue weighted by molar-refractivity contribution is -0.151. The van der Waals surface area contributed by atoms with E-state index in [9.17, 15) is 19.8 Å². The van der Waals surface area contributed by atoms with Crippen molar-refractivity contribution in [2.45, 2.75) is 270 Å². The summed E-state index contributed by atoms with van der Waals surface area (Å²) in [6.45, 7) is 6.34. The van der Waals surface area contributed by atoms with Gasteiger partial charge in [-0.15, -0.1) is 0 Å². The van der Waals surface area contributed by atoms with Crippen LogP contribution in [0.25, 0.3) is 0 Å². The standard InChI is InChI=1S/C55H99NO5/c1-4-7-10-13-16-19-22-25-27-30-33-36-39-42-45-48-55(60)61-51(46-43-40-37-34-31-28-24-21-18-15-12-9-6-3)49-54(59)56-52(50-57)53(58)47-44-41-38-35-32-29-26-23-20-17-14-11-8-5-2/h7,10,13,16,19,22,25,27,30,33,51-53,57-58H,4-6,8-9,11-12,14-15,17-18,20-21,23-24,26,28-29,31-32,34-50H2,1-3H3,(H,56,59)/b10-7+,16-13+,22-19-,27-25-,33-30+. The molecule has 0 saturated heterocycles. The Hall–Kier alpha value is -2.44. The third kappa shape index (κ3) is 44.0. The average molecular weight is 854 g/mol. The first kappa shape index (κ1) is 58.6. The second kappa shape index (κ2) is 48.6. The number of hydrogen-bond acceptors (Lipinski definition) is 5. The molecular weight excluding hydrogens is 755 g/mol. The van der Waals surface area contributed by atoms with Gasteiger partial charge >= 0.3 is 5.97 Å². The van der Waals surface area contributed by atoms with Crippen molar-refractivity contribution in [2.75, 3.05) is 6.61 Å². The van der Waals surface area contributed by atoms with Gasteiger partial charge in [-0.3, -0.25) is 9.59 Å². The van der Waals surface area contributed by atoms with Crippen molar-refractivity contribution in [3.8, 4) is 0 Å². The summed E-state index contributed by atoms with van der Waals surface area (Å²) in [4.78, 5) is 26.1. The van der Waals surface area contributed by atoms with Crippen molar-refractivity contribution in [3.63, 3.8) is 0 Å². The van der Waals surface area contributed by atoms with Crippen molar-refractivity contribution < 1.29 is 24.5 Å². The lowest BCUT2D eigenvalue weighted by Gasteiger charge is -2.24. The molecule has 61 heavy (non-hydrogen) atoms. The molecule has 3 atom stereocenters. The van der Waals surface area contributed by atoms with Crippen LogP contribution in [0.3, 0.4) is 0 Å². The van der Waals surface area contributed by atoms with E-state index in [1.54, 1.807) is 0 Å². The van der Waals surface area contributed by atoms with Crippen molar-refractivity contribution in [3.05, 3.63) is 60.8 Å². The van der Waals surface area contributed by atoms with E-state index in [1.165, 1.54) is 135 Å². The molecule has 0 heterocycles. The molecule has 0 bridgehead atoms. The molecule has 0 saturated carbocycles.